The van der Waals surface area contributed by atoms with Crippen LogP contribution >= 0.6 is 34.9 Å². The summed E-state index contributed by atoms with van der Waals surface area (Å²) in [6, 6.07) is 14.0. The highest BCUT2D eigenvalue weighted by atomic mass is 32.2. The first-order chi connectivity index (χ1) is 19.2. The Kier molecular flexibility index (Phi) is 9.21. The van der Waals surface area contributed by atoms with E-state index in [2.05, 4.69) is 26.3 Å². The molecule has 0 aliphatic carbocycles. The van der Waals surface area contributed by atoms with Crippen LogP contribution < -0.4 is 14.8 Å². The van der Waals surface area contributed by atoms with Crippen molar-refractivity contribution < 1.29 is 9.47 Å². The summed E-state index contributed by atoms with van der Waals surface area (Å²) >= 11 is 5.07. The van der Waals surface area contributed by atoms with Crippen LogP contribution in [0.25, 0.3) is 21.7 Å². The standard InChI is InChI=1S/C28H28N6O2S3/c1-35-22-13-19(16-30-17-22)25-23(15-29)27(37-2)39-26(25)24-7-8-31-28(33-24)32-20-5-3-6-21(14-20)36-11-4-9-34-10-12-38-18-34/h3,5-8,13-14,16-17H,4,9-12,18H2,1-2H3,(H,31,32,33). The fraction of sp³-hybridized carbons (Fsp3) is 0.286. The van der Waals surface area contributed by atoms with E-state index < -0.39 is 0 Å². The minimum Gasteiger partial charge on any atom is -0.495 e. The molecule has 0 unspecified atom stereocenters. The highest BCUT2D eigenvalue weighted by Crippen LogP contribution is 2.46. The summed E-state index contributed by atoms with van der Waals surface area (Å²) in [4.78, 5) is 16.9. The van der Waals surface area contributed by atoms with Crippen molar-refractivity contribution in [3.8, 4) is 39.3 Å². The summed E-state index contributed by atoms with van der Waals surface area (Å²) in [5.74, 6) is 4.24. The van der Waals surface area contributed by atoms with Gasteiger partial charge in [-0.25, -0.2) is 9.97 Å². The number of nitrogens with one attached hydrogen (secondary N) is 1. The van der Waals surface area contributed by atoms with Crippen LogP contribution in [0.15, 0.2) is 59.2 Å². The molecule has 0 radical (unpaired) electrons. The number of benzene rings is 1. The second-order valence-electron chi connectivity index (χ2n) is 8.67. The highest BCUT2D eigenvalue weighted by molar-refractivity contribution is 8.00. The van der Waals surface area contributed by atoms with Crippen molar-refractivity contribution in [1.29, 1.82) is 5.26 Å². The maximum Gasteiger partial charge on any atom is 0.227 e. The molecule has 8 nitrogen and oxygen atoms in total. The van der Waals surface area contributed by atoms with Crippen LogP contribution in [0.1, 0.15) is 12.0 Å². The number of rotatable bonds is 11. The largest absolute Gasteiger partial charge is 0.495 e. The molecule has 4 heterocycles. The molecule has 11 heteroatoms. The average Bonchev–Trinajstić information content (AvgIpc) is 3.63. The summed E-state index contributed by atoms with van der Waals surface area (Å²) in [6.07, 6.45) is 8.08. The van der Waals surface area contributed by atoms with Gasteiger partial charge in [-0.2, -0.15) is 5.26 Å². The summed E-state index contributed by atoms with van der Waals surface area (Å²) in [5, 5.41) is 13.3. The summed E-state index contributed by atoms with van der Waals surface area (Å²) in [6.45, 7) is 2.91. The van der Waals surface area contributed by atoms with Crippen LogP contribution in [0.5, 0.6) is 11.5 Å². The van der Waals surface area contributed by atoms with Gasteiger partial charge >= 0.3 is 0 Å². The molecule has 3 aromatic heterocycles. The normalized spacial score (nSPS) is 13.3. The second kappa shape index (κ2) is 13.2. The van der Waals surface area contributed by atoms with E-state index in [1.807, 2.05) is 54.4 Å². The third kappa shape index (κ3) is 6.65. The van der Waals surface area contributed by atoms with E-state index in [0.717, 1.165) is 56.2 Å². The minimum absolute atomic E-state index is 0.462. The summed E-state index contributed by atoms with van der Waals surface area (Å²) in [5.41, 5.74) is 3.77. The zero-order valence-electron chi connectivity index (χ0n) is 21.7. The Morgan fingerprint density at radius 2 is 2.13 bits per heavy atom. The average molecular weight is 577 g/mol. The van der Waals surface area contributed by atoms with E-state index in [1.54, 1.807) is 37.5 Å². The van der Waals surface area contributed by atoms with E-state index in [4.69, 9.17) is 14.5 Å². The fourth-order valence-electron chi connectivity index (χ4n) is 4.22. The molecule has 1 aliphatic heterocycles. The third-order valence-corrected chi connectivity index (χ3v) is 9.45. The minimum atomic E-state index is 0.462. The topological polar surface area (TPSA) is 96.2 Å². The van der Waals surface area contributed by atoms with Crippen molar-refractivity contribution >= 4 is 46.5 Å². The number of thioether (sulfide) groups is 2. The van der Waals surface area contributed by atoms with Gasteiger partial charge in [0.05, 0.1) is 40.3 Å². The van der Waals surface area contributed by atoms with Crippen molar-refractivity contribution in [2.45, 2.75) is 10.6 Å². The lowest BCUT2D eigenvalue weighted by Gasteiger charge is -2.14. The van der Waals surface area contributed by atoms with Crippen molar-refractivity contribution in [3.63, 3.8) is 0 Å². The molecular weight excluding hydrogens is 549 g/mol. The molecule has 200 valence electrons. The fourth-order valence-corrected chi connectivity index (χ4v) is 7.17. The number of nitrogens with zero attached hydrogens (tertiary/aromatic N) is 5. The second-order valence-corrected chi connectivity index (χ2v) is 11.8. The number of nitriles is 1. The number of methoxy groups -OCH3 is 1. The molecule has 0 spiro atoms. The number of thiophene rings is 1. The molecule has 0 bridgehead atoms. The van der Waals surface area contributed by atoms with Gasteiger partial charge in [-0.3, -0.25) is 9.88 Å². The lowest BCUT2D eigenvalue weighted by atomic mass is 10.0. The van der Waals surface area contributed by atoms with Crippen LogP contribution in [0.4, 0.5) is 11.6 Å². The maximum absolute atomic E-state index is 10.0. The molecule has 1 saturated heterocycles. The number of anilines is 2. The van der Waals surface area contributed by atoms with Crippen LogP contribution in [0.2, 0.25) is 0 Å². The monoisotopic (exact) mass is 576 g/mol. The van der Waals surface area contributed by atoms with Gasteiger partial charge < -0.3 is 14.8 Å². The molecule has 39 heavy (non-hydrogen) atoms. The molecule has 5 rings (SSSR count). The summed E-state index contributed by atoms with van der Waals surface area (Å²) < 4.78 is 12.3. The van der Waals surface area contributed by atoms with Gasteiger partial charge in [0.1, 0.15) is 17.6 Å². The number of hydrogen-bond acceptors (Lipinski definition) is 11. The van der Waals surface area contributed by atoms with Crippen LogP contribution in [-0.2, 0) is 0 Å². The molecule has 4 aromatic rings. The Morgan fingerprint density at radius 3 is 2.92 bits per heavy atom. The van der Waals surface area contributed by atoms with Gasteiger partial charge in [0, 0.05) is 60.0 Å². The lowest BCUT2D eigenvalue weighted by Crippen LogP contribution is -2.22. The predicted molar refractivity (Wildman–Crippen MR) is 160 cm³/mol. The molecule has 0 atom stereocenters. The van der Waals surface area contributed by atoms with Crippen LogP contribution in [0.3, 0.4) is 0 Å². The number of pyridine rings is 1. The van der Waals surface area contributed by atoms with Crippen molar-refractivity contribution in [2.24, 2.45) is 0 Å². The Bertz CT molecular complexity index is 1470. The van der Waals surface area contributed by atoms with Crippen LogP contribution in [-0.4, -0.2) is 64.5 Å². The predicted octanol–water partition coefficient (Wildman–Crippen LogP) is 6.39. The zero-order chi connectivity index (χ0) is 27.0. The van der Waals surface area contributed by atoms with Gasteiger partial charge in [-0.15, -0.1) is 34.9 Å². The highest BCUT2D eigenvalue weighted by Gasteiger charge is 2.22. The van der Waals surface area contributed by atoms with Gasteiger partial charge in [-0.05, 0) is 36.9 Å². The third-order valence-electron chi connectivity index (χ3n) is 6.10. The first kappa shape index (κ1) is 27.3. The molecule has 1 fully saturated rings. The van der Waals surface area contributed by atoms with Crippen LogP contribution in [0, 0.1) is 11.3 Å². The molecule has 0 amide bonds. The number of hydrogen-bond donors (Lipinski definition) is 1. The Morgan fingerprint density at radius 1 is 1.21 bits per heavy atom. The number of aromatic nitrogens is 3. The quantitative estimate of drug-likeness (QED) is 0.160. The van der Waals surface area contributed by atoms with Gasteiger partial charge in [0.15, 0.2) is 0 Å². The van der Waals surface area contributed by atoms with E-state index >= 15 is 0 Å². The maximum atomic E-state index is 10.0. The number of ether oxygens (including phenoxy) is 2. The Labute approximate surface area is 240 Å². The molecule has 1 N–H and O–H groups in total. The Hall–Kier alpha value is -3.30. The Balaban J connectivity index is 1.36. The first-order valence-corrected chi connectivity index (χ1v) is 15.6. The summed E-state index contributed by atoms with van der Waals surface area (Å²) in [7, 11) is 1.60. The molecule has 0 saturated carbocycles. The van der Waals surface area contributed by atoms with E-state index in [9.17, 15) is 5.26 Å². The molecule has 1 aliphatic rings. The van der Waals surface area contributed by atoms with Crippen molar-refractivity contribution in [1.82, 2.24) is 19.9 Å². The smallest absolute Gasteiger partial charge is 0.227 e. The SMILES string of the molecule is COc1cncc(-c2c(-c3ccnc(Nc4cccc(OCCCN5CCSC5)c4)n3)sc(SC)c2C#N)c1. The van der Waals surface area contributed by atoms with E-state index in [0.29, 0.717) is 23.9 Å². The molecular formula is C28H28N6O2S3. The van der Waals surface area contributed by atoms with Crippen molar-refractivity contribution in [2.75, 3.05) is 50.0 Å². The van der Waals surface area contributed by atoms with E-state index in [1.165, 1.54) is 23.6 Å². The van der Waals surface area contributed by atoms with Gasteiger partial charge in [0.2, 0.25) is 5.95 Å². The lowest BCUT2D eigenvalue weighted by molar-refractivity contribution is 0.269. The van der Waals surface area contributed by atoms with E-state index in [-0.39, 0.29) is 0 Å². The molecule has 1 aromatic carbocycles. The first-order valence-electron chi connectivity index (χ1n) is 12.4. The van der Waals surface area contributed by atoms with Gasteiger partial charge in [-0.1, -0.05) is 6.07 Å². The van der Waals surface area contributed by atoms with Gasteiger partial charge in [0.25, 0.3) is 0 Å². The van der Waals surface area contributed by atoms with Crippen molar-refractivity contribution in [3.05, 3.63) is 60.6 Å². The zero-order valence-corrected chi connectivity index (χ0v) is 24.2.